The summed E-state index contributed by atoms with van der Waals surface area (Å²) in [5.41, 5.74) is 4.89. The van der Waals surface area contributed by atoms with Gasteiger partial charge in [-0.15, -0.1) is 0 Å². The van der Waals surface area contributed by atoms with Crippen LogP contribution in [0.25, 0.3) is 17.8 Å². The number of fused-ring (bicyclic) bond motifs is 1. The minimum atomic E-state index is 0. The molecule has 4 nitrogen and oxygen atoms in total. The molecule has 0 aliphatic carbocycles. The third kappa shape index (κ3) is 5.40. The first-order valence-electron chi connectivity index (χ1n) is 11.0. The third-order valence-corrected chi connectivity index (χ3v) is 5.73. The minimum Gasteiger partial charge on any atom is -1.00 e. The molecule has 0 fully saturated rings. The quantitative estimate of drug-likeness (QED) is 0.503. The molecule has 0 saturated heterocycles. The maximum atomic E-state index is 5.62. The van der Waals surface area contributed by atoms with Gasteiger partial charge in [-0.2, -0.15) is 4.57 Å². The Balaban J connectivity index is 0.00000272. The van der Waals surface area contributed by atoms with Crippen molar-refractivity contribution in [3.05, 3.63) is 71.8 Å². The topological polar surface area (TPSA) is 21.3 Å². The number of rotatable bonds is 6. The van der Waals surface area contributed by atoms with Crippen LogP contribution in [0.2, 0.25) is 0 Å². The summed E-state index contributed by atoms with van der Waals surface area (Å²) in [6.07, 6.45) is 11.6. The van der Waals surface area contributed by atoms with E-state index < -0.39 is 0 Å². The number of hydrogen-bond donors (Lipinski definition) is 0. The Morgan fingerprint density at radius 3 is 2.39 bits per heavy atom. The van der Waals surface area contributed by atoms with E-state index in [1.165, 1.54) is 47.7 Å². The summed E-state index contributed by atoms with van der Waals surface area (Å²) >= 11 is 0. The molecular weight excluding hydrogens is 450 g/mol. The molecule has 0 N–H and O–H groups in total. The van der Waals surface area contributed by atoms with E-state index in [0.717, 1.165) is 18.7 Å². The molecule has 0 atom stereocenters. The summed E-state index contributed by atoms with van der Waals surface area (Å²) in [4.78, 5) is 2.13. The Labute approximate surface area is 196 Å². The first kappa shape index (κ1) is 23.1. The van der Waals surface area contributed by atoms with Gasteiger partial charge in [-0.25, -0.2) is 4.57 Å². The van der Waals surface area contributed by atoms with Gasteiger partial charge in [0.25, 0.3) is 5.82 Å². The van der Waals surface area contributed by atoms with E-state index >= 15 is 0 Å². The molecule has 1 aliphatic rings. The minimum absolute atomic E-state index is 0. The lowest BCUT2D eigenvalue weighted by molar-refractivity contribution is -0.604. The fourth-order valence-electron chi connectivity index (χ4n) is 4.09. The maximum absolute atomic E-state index is 5.62. The zero-order valence-electron chi connectivity index (χ0n) is 18.7. The molecule has 0 spiro atoms. The third-order valence-electron chi connectivity index (χ3n) is 5.73. The van der Waals surface area contributed by atoms with Crippen molar-refractivity contribution in [1.82, 2.24) is 4.57 Å². The molecule has 0 radical (unpaired) electrons. The van der Waals surface area contributed by atoms with Crippen molar-refractivity contribution in [3.8, 4) is 11.4 Å². The van der Waals surface area contributed by atoms with E-state index in [9.17, 15) is 0 Å². The monoisotopic (exact) mass is 481 g/mol. The number of aromatic nitrogens is 2. The van der Waals surface area contributed by atoms with Crippen molar-refractivity contribution < 1.29 is 26.3 Å². The molecule has 5 heteroatoms. The van der Waals surface area contributed by atoms with Crippen LogP contribution >= 0.6 is 0 Å². The van der Waals surface area contributed by atoms with Gasteiger partial charge in [0.2, 0.25) is 0 Å². The van der Waals surface area contributed by atoms with Gasteiger partial charge >= 0.3 is 0 Å². The van der Waals surface area contributed by atoms with Crippen molar-refractivity contribution in [2.45, 2.75) is 39.2 Å². The zero-order valence-corrected chi connectivity index (χ0v) is 20.3. The molecule has 0 amide bonds. The normalized spacial score (nSPS) is 13.4. The van der Waals surface area contributed by atoms with Gasteiger partial charge in [0.15, 0.2) is 5.69 Å². The van der Waals surface area contributed by atoms with E-state index in [-0.39, 0.29) is 17.0 Å². The first-order valence-corrected chi connectivity index (χ1v) is 11.0. The van der Waals surface area contributed by atoms with E-state index in [1.807, 2.05) is 6.92 Å². The van der Waals surface area contributed by atoms with Crippen molar-refractivity contribution >= 4 is 17.8 Å². The number of halogens is 1. The number of benzene rings is 2. The molecule has 0 unspecified atom stereocenters. The van der Waals surface area contributed by atoms with E-state index in [2.05, 4.69) is 95.0 Å². The molecule has 164 valence electrons. The van der Waals surface area contributed by atoms with Crippen LogP contribution in [0.3, 0.4) is 0 Å². The standard InChI is InChI=1S/C26H32N3O.BrH/c1-4-30-25-17-15-23(16-18-25)29-20-24(28-19-7-5-6-8-26(28)29)14-11-21-9-12-22(13-10-21)27(2)3;/h9-18,20H,4-8,19H2,1-3H3;1H/q+1;/p-1/b14-11+;. The summed E-state index contributed by atoms with van der Waals surface area (Å²) < 4.78 is 10.5. The SMILES string of the molecule is CCOc1ccc(-[n+]2cc(/C=C/c3ccc(N(C)C)cc3)n3c2CCCCC3)cc1.[Br-]. The fourth-order valence-corrected chi connectivity index (χ4v) is 4.09. The van der Waals surface area contributed by atoms with Gasteiger partial charge in [0.1, 0.15) is 17.6 Å². The van der Waals surface area contributed by atoms with Crippen LogP contribution < -0.4 is 31.2 Å². The van der Waals surface area contributed by atoms with Gasteiger partial charge in [-0.05, 0) is 74.2 Å². The average molecular weight is 482 g/mol. The number of hydrogen-bond acceptors (Lipinski definition) is 2. The van der Waals surface area contributed by atoms with Crippen LogP contribution in [-0.2, 0) is 13.0 Å². The Hall–Kier alpha value is -2.53. The van der Waals surface area contributed by atoms with Crippen molar-refractivity contribution in [2.75, 3.05) is 25.6 Å². The Morgan fingerprint density at radius 2 is 1.71 bits per heavy atom. The Morgan fingerprint density at radius 1 is 0.968 bits per heavy atom. The van der Waals surface area contributed by atoms with Gasteiger partial charge in [-0.1, -0.05) is 18.2 Å². The lowest BCUT2D eigenvalue weighted by Crippen LogP contribution is -3.00. The van der Waals surface area contributed by atoms with Crippen LogP contribution in [0.1, 0.15) is 43.3 Å². The summed E-state index contributed by atoms with van der Waals surface area (Å²) in [7, 11) is 4.14. The predicted octanol–water partition coefficient (Wildman–Crippen LogP) is 2.13. The molecule has 31 heavy (non-hydrogen) atoms. The van der Waals surface area contributed by atoms with E-state index in [4.69, 9.17) is 4.74 Å². The lowest BCUT2D eigenvalue weighted by Gasteiger charge is -2.11. The van der Waals surface area contributed by atoms with Gasteiger partial charge in [-0.3, -0.25) is 0 Å². The number of nitrogens with zero attached hydrogens (tertiary/aromatic N) is 3. The van der Waals surface area contributed by atoms with Crippen molar-refractivity contribution in [2.24, 2.45) is 0 Å². The van der Waals surface area contributed by atoms with Gasteiger partial charge < -0.3 is 26.6 Å². The molecule has 2 heterocycles. The van der Waals surface area contributed by atoms with Crippen molar-refractivity contribution in [1.29, 1.82) is 0 Å². The van der Waals surface area contributed by atoms with E-state index in [0.29, 0.717) is 6.61 Å². The molecule has 3 aromatic rings. The molecule has 0 bridgehead atoms. The predicted molar refractivity (Wildman–Crippen MR) is 124 cm³/mol. The highest BCUT2D eigenvalue weighted by atomic mass is 79.9. The summed E-state index contributed by atoms with van der Waals surface area (Å²) in [6, 6.07) is 17.1. The molecule has 0 saturated carbocycles. The fraction of sp³-hybridized carbons (Fsp3) is 0.346. The number of anilines is 1. The summed E-state index contributed by atoms with van der Waals surface area (Å²) in [5.74, 6) is 2.31. The summed E-state index contributed by atoms with van der Waals surface area (Å²) in [6.45, 7) is 3.79. The Kier molecular flexibility index (Phi) is 7.97. The second-order valence-electron chi connectivity index (χ2n) is 8.05. The highest BCUT2D eigenvalue weighted by Crippen LogP contribution is 2.21. The van der Waals surface area contributed by atoms with E-state index in [1.54, 1.807) is 0 Å². The van der Waals surface area contributed by atoms with Crippen LogP contribution in [0.15, 0.2) is 54.7 Å². The number of ether oxygens (including phenoxy) is 1. The second-order valence-corrected chi connectivity index (χ2v) is 8.05. The largest absolute Gasteiger partial charge is 1.00 e. The zero-order chi connectivity index (χ0) is 20.9. The van der Waals surface area contributed by atoms with Crippen LogP contribution in [0.4, 0.5) is 5.69 Å². The Bertz CT molecular complexity index is 1000. The molecular formula is C26H32BrN3O. The molecule has 1 aromatic heterocycles. The lowest BCUT2D eigenvalue weighted by atomic mass is 10.2. The molecule has 2 aromatic carbocycles. The first-order chi connectivity index (χ1) is 14.7. The highest BCUT2D eigenvalue weighted by molar-refractivity contribution is 5.69. The van der Waals surface area contributed by atoms with Crippen LogP contribution in [-0.4, -0.2) is 25.3 Å². The summed E-state index contributed by atoms with van der Waals surface area (Å²) in [5, 5.41) is 0. The second kappa shape index (κ2) is 10.7. The highest BCUT2D eigenvalue weighted by Gasteiger charge is 2.24. The molecule has 4 rings (SSSR count). The maximum Gasteiger partial charge on any atom is 0.262 e. The van der Waals surface area contributed by atoms with Crippen LogP contribution in [0.5, 0.6) is 5.75 Å². The number of imidazole rings is 1. The average Bonchev–Trinajstić information content (AvgIpc) is 2.93. The smallest absolute Gasteiger partial charge is 0.262 e. The van der Waals surface area contributed by atoms with Gasteiger partial charge in [0.05, 0.1) is 13.2 Å². The molecule has 1 aliphatic heterocycles. The van der Waals surface area contributed by atoms with Crippen LogP contribution in [0, 0.1) is 0 Å². The van der Waals surface area contributed by atoms with Gasteiger partial charge in [0, 0.05) is 26.2 Å². The van der Waals surface area contributed by atoms with Crippen molar-refractivity contribution in [3.63, 3.8) is 0 Å².